The number of aromatic nitrogens is 5. The highest BCUT2D eigenvalue weighted by molar-refractivity contribution is 5.95. The van der Waals surface area contributed by atoms with E-state index >= 15 is 0 Å². The van der Waals surface area contributed by atoms with Crippen molar-refractivity contribution in [3.8, 4) is 17.0 Å². The number of ether oxygens (including phenoxy) is 1. The summed E-state index contributed by atoms with van der Waals surface area (Å²) < 4.78 is 5.99. The number of hydrogen-bond donors (Lipinski definition) is 2. The van der Waals surface area contributed by atoms with Crippen LogP contribution in [0, 0.1) is 6.92 Å². The number of nitrogens with one attached hydrogen (secondary N) is 2. The van der Waals surface area contributed by atoms with Gasteiger partial charge in [-0.25, -0.2) is 19.9 Å². The first-order chi connectivity index (χ1) is 15.6. The normalized spacial score (nSPS) is 17.6. The summed E-state index contributed by atoms with van der Waals surface area (Å²) >= 11 is 0. The first kappa shape index (κ1) is 18.9. The van der Waals surface area contributed by atoms with E-state index in [1.807, 2.05) is 37.3 Å². The largest absolute Gasteiger partial charge is 0.493 e. The van der Waals surface area contributed by atoms with Crippen molar-refractivity contribution in [3.63, 3.8) is 0 Å². The fraction of sp³-hybridized carbons (Fsp3) is 0.292. The Morgan fingerprint density at radius 1 is 1.16 bits per heavy atom. The molecule has 0 spiro atoms. The van der Waals surface area contributed by atoms with E-state index in [1.54, 1.807) is 12.4 Å². The molecule has 160 valence electrons. The van der Waals surface area contributed by atoms with Gasteiger partial charge in [-0.2, -0.15) is 0 Å². The maximum Gasteiger partial charge on any atom is 0.251 e. The molecule has 2 aliphatic rings. The molecule has 2 N–H and O–H groups in total. The van der Waals surface area contributed by atoms with Crippen molar-refractivity contribution < 1.29 is 9.53 Å². The highest BCUT2D eigenvalue weighted by Crippen LogP contribution is 2.33. The van der Waals surface area contributed by atoms with Crippen molar-refractivity contribution in [3.05, 3.63) is 65.5 Å². The van der Waals surface area contributed by atoms with E-state index in [2.05, 4.69) is 25.3 Å². The van der Waals surface area contributed by atoms with Crippen LogP contribution in [0.25, 0.3) is 22.4 Å². The van der Waals surface area contributed by atoms with Gasteiger partial charge in [-0.15, -0.1) is 0 Å². The average Bonchev–Trinajstić information content (AvgIpc) is 3.52. The Labute approximate surface area is 184 Å². The third-order valence-corrected chi connectivity index (χ3v) is 5.96. The SMILES string of the molecule is Cc1nccc(-c2cnc3nc(C4COc5ccc(C(=O)NC6CC6)cc5C4)[nH]c3c2)n1. The van der Waals surface area contributed by atoms with Crippen molar-refractivity contribution >= 4 is 17.1 Å². The van der Waals surface area contributed by atoms with Gasteiger partial charge in [-0.1, -0.05) is 0 Å². The van der Waals surface area contributed by atoms with Crippen LogP contribution in [0.4, 0.5) is 0 Å². The fourth-order valence-electron chi connectivity index (χ4n) is 4.08. The lowest BCUT2D eigenvalue weighted by molar-refractivity contribution is 0.0951. The van der Waals surface area contributed by atoms with Crippen LogP contribution in [0.1, 0.15) is 46.3 Å². The number of carbonyl (C=O) groups excluding carboxylic acids is 1. The maximum atomic E-state index is 12.4. The summed E-state index contributed by atoms with van der Waals surface area (Å²) in [4.78, 5) is 33.7. The highest BCUT2D eigenvalue weighted by Gasteiger charge is 2.27. The summed E-state index contributed by atoms with van der Waals surface area (Å²) in [5.41, 5.74) is 4.96. The molecule has 1 aliphatic heterocycles. The van der Waals surface area contributed by atoms with Gasteiger partial charge < -0.3 is 15.0 Å². The van der Waals surface area contributed by atoms with Crippen molar-refractivity contribution in [1.82, 2.24) is 30.2 Å². The van der Waals surface area contributed by atoms with Gasteiger partial charge in [0.25, 0.3) is 5.91 Å². The van der Waals surface area contributed by atoms with E-state index in [1.165, 1.54) is 0 Å². The highest BCUT2D eigenvalue weighted by atomic mass is 16.5. The van der Waals surface area contributed by atoms with Crippen LogP contribution in [0.3, 0.4) is 0 Å². The second kappa shape index (κ2) is 7.40. The Bertz CT molecular complexity index is 1340. The van der Waals surface area contributed by atoms with Crippen LogP contribution in [0.2, 0.25) is 0 Å². The minimum Gasteiger partial charge on any atom is -0.493 e. The molecule has 1 aliphatic carbocycles. The molecule has 1 saturated carbocycles. The summed E-state index contributed by atoms with van der Waals surface area (Å²) in [6.45, 7) is 2.39. The molecule has 3 aromatic heterocycles. The third-order valence-electron chi connectivity index (χ3n) is 5.96. The lowest BCUT2D eigenvalue weighted by Gasteiger charge is -2.24. The molecule has 1 amide bonds. The Balaban J connectivity index is 1.26. The second-order valence-electron chi connectivity index (χ2n) is 8.49. The number of imidazole rings is 1. The molecule has 0 radical (unpaired) electrons. The van der Waals surface area contributed by atoms with E-state index in [0.29, 0.717) is 23.9 Å². The van der Waals surface area contributed by atoms with E-state index < -0.39 is 0 Å². The number of hydrogen-bond acceptors (Lipinski definition) is 6. The van der Waals surface area contributed by atoms with Crippen molar-refractivity contribution in [1.29, 1.82) is 0 Å². The predicted molar refractivity (Wildman–Crippen MR) is 119 cm³/mol. The summed E-state index contributed by atoms with van der Waals surface area (Å²) in [6, 6.07) is 9.88. The third kappa shape index (κ3) is 3.57. The van der Waals surface area contributed by atoms with E-state index in [-0.39, 0.29) is 11.8 Å². The summed E-state index contributed by atoms with van der Waals surface area (Å²) in [5, 5.41) is 3.04. The molecule has 1 aromatic carbocycles. The molecule has 1 fully saturated rings. The number of rotatable bonds is 4. The number of aromatic amines is 1. The van der Waals surface area contributed by atoms with Gasteiger partial charge in [0, 0.05) is 29.6 Å². The molecule has 0 bridgehead atoms. The van der Waals surface area contributed by atoms with Gasteiger partial charge in [-0.3, -0.25) is 4.79 Å². The number of benzene rings is 1. The van der Waals surface area contributed by atoms with E-state index in [9.17, 15) is 4.79 Å². The number of aryl methyl sites for hydroxylation is 1. The molecule has 4 aromatic rings. The molecule has 0 saturated heterocycles. The molecule has 4 heterocycles. The molecule has 1 unspecified atom stereocenters. The van der Waals surface area contributed by atoms with Crippen LogP contribution in [-0.4, -0.2) is 43.5 Å². The van der Waals surface area contributed by atoms with Crippen molar-refractivity contribution in [2.45, 2.75) is 38.1 Å². The van der Waals surface area contributed by atoms with Gasteiger partial charge in [0.2, 0.25) is 0 Å². The first-order valence-corrected chi connectivity index (χ1v) is 10.8. The zero-order valence-corrected chi connectivity index (χ0v) is 17.6. The lowest BCUT2D eigenvalue weighted by Crippen LogP contribution is -2.26. The van der Waals surface area contributed by atoms with Crippen LogP contribution < -0.4 is 10.1 Å². The first-order valence-electron chi connectivity index (χ1n) is 10.8. The molecule has 8 nitrogen and oxygen atoms in total. The Hall–Kier alpha value is -3.81. The quantitative estimate of drug-likeness (QED) is 0.519. The van der Waals surface area contributed by atoms with Gasteiger partial charge in [-0.05, 0) is 62.1 Å². The zero-order valence-electron chi connectivity index (χ0n) is 17.6. The Kier molecular flexibility index (Phi) is 4.38. The summed E-state index contributed by atoms with van der Waals surface area (Å²) in [6.07, 6.45) is 6.42. The van der Waals surface area contributed by atoms with Gasteiger partial charge in [0.1, 0.15) is 17.4 Å². The smallest absolute Gasteiger partial charge is 0.251 e. The molecular formula is C24H22N6O2. The molecule has 8 heteroatoms. The van der Waals surface area contributed by atoms with Gasteiger partial charge in [0.15, 0.2) is 5.65 Å². The summed E-state index contributed by atoms with van der Waals surface area (Å²) in [7, 11) is 0. The Morgan fingerprint density at radius 3 is 2.91 bits per heavy atom. The Morgan fingerprint density at radius 2 is 2.06 bits per heavy atom. The van der Waals surface area contributed by atoms with Crippen LogP contribution >= 0.6 is 0 Å². The van der Waals surface area contributed by atoms with Gasteiger partial charge in [0.05, 0.1) is 23.7 Å². The zero-order chi connectivity index (χ0) is 21.7. The predicted octanol–water partition coefficient (Wildman–Crippen LogP) is 3.33. The number of amides is 1. The molecule has 32 heavy (non-hydrogen) atoms. The summed E-state index contributed by atoms with van der Waals surface area (Å²) in [5.74, 6) is 2.43. The second-order valence-corrected chi connectivity index (χ2v) is 8.49. The van der Waals surface area contributed by atoms with Crippen LogP contribution in [0.5, 0.6) is 5.75 Å². The molecular weight excluding hydrogens is 404 g/mol. The maximum absolute atomic E-state index is 12.4. The van der Waals surface area contributed by atoms with E-state index in [0.717, 1.165) is 59.0 Å². The van der Waals surface area contributed by atoms with E-state index in [4.69, 9.17) is 9.72 Å². The molecule has 1 atom stereocenters. The monoisotopic (exact) mass is 426 g/mol. The number of carbonyl (C=O) groups is 1. The topological polar surface area (TPSA) is 106 Å². The minimum absolute atomic E-state index is 0.0159. The molecule has 6 rings (SSSR count). The number of fused-ring (bicyclic) bond motifs is 2. The minimum atomic E-state index is -0.0159. The van der Waals surface area contributed by atoms with Gasteiger partial charge >= 0.3 is 0 Å². The van der Waals surface area contributed by atoms with Crippen molar-refractivity contribution in [2.75, 3.05) is 6.61 Å². The number of pyridine rings is 1. The fourth-order valence-corrected chi connectivity index (χ4v) is 4.08. The van der Waals surface area contributed by atoms with Crippen LogP contribution in [0.15, 0.2) is 42.7 Å². The van der Waals surface area contributed by atoms with Crippen LogP contribution in [-0.2, 0) is 6.42 Å². The lowest BCUT2D eigenvalue weighted by atomic mass is 9.94. The number of nitrogens with zero attached hydrogens (tertiary/aromatic N) is 4. The van der Waals surface area contributed by atoms with Crippen molar-refractivity contribution in [2.24, 2.45) is 0 Å². The number of H-pyrrole nitrogens is 1. The average molecular weight is 426 g/mol. The standard InChI is InChI=1S/C24H22N6O2/c1-13-25-7-6-19(27-13)16-10-20-23(26-11-16)30-22(29-20)17-9-15-8-14(2-5-21(15)32-12-17)24(31)28-18-3-4-18/h2,5-8,10-11,17-18H,3-4,9,12H2,1H3,(H,28,31)(H,26,29,30).